The molecule has 0 spiro atoms. The Balaban J connectivity index is 2.56. The summed E-state index contributed by atoms with van der Waals surface area (Å²) in [6, 6.07) is 0. The lowest BCUT2D eigenvalue weighted by Gasteiger charge is -2.06. The molecule has 90 valence electrons. The van der Waals surface area contributed by atoms with E-state index in [1.807, 2.05) is 0 Å². The quantitative estimate of drug-likeness (QED) is 0.807. The lowest BCUT2D eigenvalue weighted by molar-refractivity contribution is -0.182. The average Bonchev–Trinajstić information content (AvgIpc) is 2.44. The maximum absolute atomic E-state index is 11.7. The number of carbonyl (C=O) groups is 1. The highest BCUT2D eigenvalue weighted by molar-refractivity contribution is 5.90. The van der Waals surface area contributed by atoms with Gasteiger partial charge in [-0.2, -0.15) is 18.3 Å². The van der Waals surface area contributed by atoms with Gasteiger partial charge in [-0.15, -0.1) is 0 Å². The fraction of sp³-hybridized carbons (Fsp3) is 0.429. The van der Waals surface area contributed by atoms with Gasteiger partial charge in [-0.25, -0.2) is 9.48 Å². The summed E-state index contributed by atoms with van der Waals surface area (Å²) >= 11 is 0. The van der Waals surface area contributed by atoms with Crippen molar-refractivity contribution in [2.75, 3.05) is 12.3 Å². The van der Waals surface area contributed by atoms with Gasteiger partial charge in [0, 0.05) is 0 Å². The van der Waals surface area contributed by atoms with Crippen LogP contribution in [0.25, 0.3) is 0 Å². The Hall–Kier alpha value is -1.77. The lowest BCUT2D eigenvalue weighted by Crippen LogP contribution is -2.18. The number of anilines is 1. The van der Waals surface area contributed by atoms with Crippen LogP contribution in [0.4, 0.5) is 18.9 Å². The van der Waals surface area contributed by atoms with E-state index in [1.54, 1.807) is 0 Å². The molecule has 0 unspecified atom stereocenters. The highest BCUT2D eigenvalue weighted by atomic mass is 19.4. The number of aromatic nitrogens is 2. The van der Waals surface area contributed by atoms with E-state index < -0.39 is 31.2 Å². The molecule has 1 aromatic rings. The molecule has 1 heterocycles. The van der Waals surface area contributed by atoms with Gasteiger partial charge < -0.3 is 15.6 Å². The molecule has 0 fully saturated rings. The molecule has 6 nitrogen and oxygen atoms in total. The normalized spacial score (nSPS) is 11.7. The van der Waals surface area contributed by atoms with Gasteiger partial charge in [0.1, 0.15) is 13.3 Å². The number of ether oxygens (including phenoxy) is 1. The molecule has 0 amide bonds. The molecule has 1 rings (SSSR count). The molecule has 0 radical (unpaired) electrons. The molecule has 0 aromatic carbocycles. The number of aromatic carboxylic acids is 1. The number of alkyl halides is 3. The summed E-state index contributed by atoms with van der Waals surface area (Å²) in [7, 11) is 0. The number of nitrogen functional groups attached to an aromatic ring is 1. The lowest BCUT2D eigenvalue weighted by atomic mass is 10.4. The first-order valence-corrected chi connectivity index (χ1v) is 4.00. The van der Waals surface area contributed by atoms with E-state index in [1.165, 1.54) is 0 Å². The van der Waals surface area contributed by atoms with Crippen LogP contribution in [0.3, 0.4) is 0 Å². The molecule has 0 aliphatic heterocycles. The summed E-state index contributed by atoms with van der Waals surface area (Å²) in [5.74, 6) is -1.35. The molecule has 0 saturated heterocycles. The predicted molar refractivity (Wildman–Crippen MR) is 45.6 cm³/mol. The Morgan fingerprint density at radius 3 is 2.69 bits per heavy atom. The molecule has 0 aliphatic carbocycles. The number of nitrogens with zero attached hydrogens (tertiary/aromatic N) is 2. The third kappa shape index (κ3) is 3.42. The van der Waals surface area contributed by atoms with Gasteiger partial charge in [-0.05, 0) is 0 Å². The summed E-state index contributed by atoms with van der Waals surface area (Å²) in [5, 5.41) is 12.0. The Morgan fingerprint density at radius 1 is 1.62 bits per heavy atom. The minimum absolute atomic E-state index is 0.136. The molecular weight excluding hydrogens is 231 g/mol. The Kier molecular flexibility index (Phi) is 3.38. The minimum atomic E-state index is -4.44. The predicted octanol–water partition coefficient (Wildman–Crippen LogP) is 0.700. The summed E-state index contributed by atoms with van der Waals surface area (Å²) < 4.78 is 40.2. The maximum atomic E-state index is 11.7. The topological polar surface area (TPSA) is 90.4 Å². The zero-order chi connectivity index (χ0) is 12.3. The zero-order valence-corrected chi connectivity index (χ0v) is 7.86. The van der Waals surface area contributed by atoms with Crippen LogP contribution in [-0.4, -0.2) is 33.6 Å². The van der Waals surface area contributed by atoms with Crippen LogP contribution in [0.15, 0.2) is 6.20 Å². The maximum Gasteiger partial charge on any atom is 0.411 e. The van der Waals surface area contributed by atoms with Crippen molar-refractivity contribution in [3.05, 3.63) is 11.9 Å². The summed E-state index contributed by atoms with van der Waals surface area (Å²) in [6.07, 6.45) is -3.35. The fourth-order valence-corrected chi connectivity index (χ4v) is 0.924. The number of nitrogens with two attached hydrogens (primary N) is 1. The van der Waals surface area contributed by atoms with E-state index in [0.29, 0.717) is 0 Å². The van der Waals surface area contributed by atoms with Crippen molar-refractivity contribution in [2.24, 2.45) is 0 Å². The number of halogens is 3. The molecule has 16 heavy (non-hydrogen) atoms. The average molecular weight is 239 g/mol. The number of hydrogen-bond acceptors (Lipinski definition) is 4. The number of hydrogen-bond donors (Lipinski definition) is 2. The standard InChI is InChI=1S/C7H8F3N3O3/c8-7(9,10)2-16-3-13-1-4(11)5(12-13)6(14)15/h1H,2-3,11H2,(H,14,15). The van der Waals surface area contributed by atoms with Crippen LogP contribution in [0.2, 0.25) is 0 Å². The van der Waals surface area contributed by atoms with Crippen LogP contribution in [-0.2, 0) is 11.5 Å². The van der Waals surface area contributed by atoms with E-state index in [-0.39, 0.29) is 5.69 Å². The van der Waals surface area contributed by atoms with Gasteiger partial charge in [0.25, 0.3) is 0 Å². The van der Waals surface area contributed by atoms with Crippen LogP contribution in [0.5, 0.6) is 0 Å². The Bertz CT molecular complexity index is 388. The monoisotopic (exact) mass is 239 g/mol. The highest BCUT2D eigenvalue weighted by Gasteiger charge is 2.27. The van der Waals surface area contributed by atoms with E-state index in [4.69, 9.17) is 10.8 Å². The number of rotatable bonds is 4. The van der Waals surface area contributed by atoms with Crippen molar-refractivity contribution in [1.29, 1.82) is 0 Å². The third-order valence-electron chi connectivity index (χ3n) is 1.48. The summed E-state index contributed by atoms with van der Waals surface area (Å²) in [5.41, 5.74) is 4.70. The van der Waals surface area contributed by atoms with Gasteiger partial charge >= 0.3 is 12.1 Å². The van der Waals surface area contributed by atoms with Crippen LogP contribution < -0.4 is 5.73 Å². The van der Waals surface area contributed by atoms with Gasteiger partial charge in [-0.1, -0.05) is 0 Å². The second-order valence-corrected chi connectivity index (χ2v) is 2.87. The van der Waals surface area contributed by atoms with Crippen molar-refractivity contribution >= 4 is 11.7 Å². The smallest absolute Gasteiger partial charge is 0.411 e. The van der Waals surface area contributed by atoms with Crippen LogP contribution in [0, 0.1) is 0 Å². The first-order chi connectivity index (χ1) is 7.29. The van der Waals surface area contributed by atoms with E-state index in [0.717, 1.165) is 10.9 Å². The summed E-state index contributed by atoms with van der Waals surface area (Å²) in [6.45, 7) is -1.95. The fourth-order valence-electron chi connectivity index (χ4n) is 0.924. The largest absolute Gasteiger partial charge is 0.476 e. The van der Waals surface area contributed by atoms with Gasteiger partial charge in [-0.3, -0.25) is 0 Å². The first-order valence-electron chi connectivity index (χ1n) is 4.00. The van der Waals surface area contributed by atoms with E-state index in [2.05, 4.69) is 9.84 Å². The highest BCUT2D eigenvalue weighted by Crippen LogP contribution is 2.15. The van der Waals surface area contributed by atoms with Gasteiger partial charge in [0.15, 0.2) is 5.69 Å². The second kappa shape index (κ2) is 4.39. The Labute approximate surface area is 87.4 Å². The van der Waals surface area contributed by atoms with Crippen molar-refractivity contribution in [3.63, 3.8) is 0 Å². The molecule has 0 atom stereocenters. The number of carboxylic acid groups (broad SMARTS) is 1. The van der Waals surface area contributed by atoms with Gasteiger partial charge in [0.2, 0.25) is 0 Å². The molecule has 9 heteroatoms. The molecule has 0 bridgehead atoms. The van der Waals surface area contributed by atoms with Gasteiger partial charge in [0.05, 0.1) is 11.9 Å². The van der Waals surface area contributed by atoms with Crippen molar-refractivity contribution in [3.8, 4) is 0 Å². The minimum Gasteiger partial charge on any atom is -0.476 e. The van der Waals surface area contributed by atoms with E-state index >= 15 is 0 Å². The molecular formula is C7H8F3N3O3. The second-order valence-electron chi connectivity index (χ2n) is 2.87. The summed E-state index contributed by atoms with van der Waals surface area (Å²) in [4.78, 5) is 10.5. The SMILES string of the molecule is Nc1cn(COCC(F)(F)F)nc1C(=O)O. The first kappa shape index (κ1) is 12.3. The van der Waals surface area contributed by atoms with Crippen LogP contribution in [0.1, 0.15) is 10.5 Å². The molecule has 1 aromatic heterocycles. The zero-order valence-electron chi connectivity index (χ0n) is 7.86. The number of carboxylic acids is 1. The van der Waals surface area contributed by atoms with Crippen molar-refractivity contribution < 1.29 is 27.8 Å². The van der Waals surface area contributed by atoms with Crippen LogP contribution >= 0.6 is 0 Å². The molecule has 0 aliphatic rings. The van der Waals surface area contributed by atoms with E-state index in [9.17, 15) is 18.0 Å². The Morgan fingerprint density at radius 2 is 2.25 bits per heavy atom. The third-order valence-corrected chi connectivity index (χ3v) is 1.48. The van der Waals surface area contributed by atoms with Crippen molar-refractivity contribution in [2.45, 2.75) is 12.9 Å². The molecule has 3 N–H and O–H groups in total. The van der Waals surface area contributed by atoms with Crippen molar-refractivity contribution in [1.82, 2.24) is 9.78 Å². The molecule has 0 saturated carbocycles.